The normalized spacial score (nSPS) is 15.9. The number of aryl methyl sites for hydroxylation is 1. The monoisotopic (exact) mass is 378 g/mol. The number of sulfonamides is 1. The number of benzene rings is 1. The van der Waals surface area contributed by atoms with Gasteiger partial charge >= 0.3 is 0 Å². The van der Waals surface area contributed by atoms with Gasteiger partial charge in [0.05, 0.1) is 11.9 Å². The Kier molecular flexibility index (Phi) is 7.26. The summed E-state index contributed by atoms with van der Waals surface area (Å²) in [6.07, 6.45) is 9.35. The highest BCUT2D eigenvalue weighted by molar-refractivity contribution is 7.92. The van der Waals surface area contributed by atoms with E-state index in [0.717, 1.165) is 31.1 Å². The molecule has 2 rings (SSSR count). The second-order valence-electron chi connectivity index (χ2n) is 6.97. The number of carbonyl (C=O) groups is 1. The molecule has 0 unspecified atom stereocenters. The number of carbonyl (C=O) groups excluding carboxylic acids is 1. The van der Waals surface area contributed by atoms with E-state index in [1.165, 1.54) is 22.7 Å². The van der Waals surface area contributed by atoms with Crippen LogP contribution in [0.15, 0.2) is 35.9 Å². The first-order valence-corrected chi connectivity index (χ1v) is 11.2. The van der Waals surface area contributed by atoms with Gasteiger partial charge in [-0.3, -0.25) is 9.10 Å². The second kappa shape index (κ2) is 9.21. The average molecular weight is 379 g/mol. The summed E-state index contributed by atoms with van der Waals surface area (Å²) >= 11 is 0. The topological polar surface area (TPSA) is 66.5 Å². The van der Waals surface area contributed by atoms with Crippen molar-refractivity contribution >= 4 is 21.6 Å². The van der Waals surface area contributed by atoms with E-state index in [9.17, 15) is 13.2 Å². The Morgan fingerprint density at radius 3 is 2.46 bits per heavy atom. The molecule has 0 saturated heterocycles. The first-order chi connectivity index (χ1) is 12.3. The third kappa shape index (κ3) is 5.59. The fourth-order valence-electron chi connectivity index (χ4n) is 3.35. The van der Waals surface area contributed by atoms with Crippen LogP contribution < -0.4 is 9.62 Å². The fourth-order valence-corrected chi connectivity index (χ4v) is 4.56. The molecule has 0 fully saturated rings. The van der Waals surface area contributed by atoms with Gasteiger partial charge in [-0.15, -0.1) is 0 Å². The van der Waals surface area contributed by atoms with E-state index in [2.05, 4.69) is 11.4 Å². The third-order valence-electron chi connectivity index (χ3n) is 4.75. The highest BCUT2D eigenvalue weighted by Crippen LogP contribution is 2.23. The predicted octanol–water partition coefficient (Wildman–Crippen LogP) is 3.55. The summed E-state index contributed by atoms with van der Waals surface area (Å²) < 4.78 is 26.0. The number of hydrogen-bond donors (Lipinski definition) is 1. The zero-order valence-corrected chi connectivity index (χ0v) is 16.8. The maximum absolute atomic E-state index is 12.7. The second-order valence-corrected chi connectivity index (χ2v) is 8.83. The van der Waals surface area contributed by atoms with Gasteiger partial charge in [0, 0.05) is 6.54 Å². The smallest absolute Gasteiger partial charge is 0.243 e. The van der Waals surface area contributed by atoms with E-state index < -0.39 is 16.1 Å². The largest absolute Gasteiger partial charge is 0.354 e. The molecule has 1 aromatic carbocycles. The summed E-state index contributed by atoms with van der Waals surface area (Å²) in [4.78, 5) is 12.7. The van der Waals surface area contributed by atoms with Crippen molar-refractivity contribution in [2.75, 3.05) is 17.1 Å². The highest BCUT2D eigenvalue weighted by Gasteiger charge is 2.31. The SMILES string of the molecule is CC[C@@H](C(=O)NCCC1=CCCCC1)N(c1ccc(C)cc1)S(C)(=O)=O. The van der Waals surface area contributed by atoms with E-state index in [-0.39, 0.29) is 5.91 Å². The number of anilines is 1. The van der Waals surface area contributed by atoms with Crippen LogP contribution >= 0.6 is 0 Å². The van der Waals surface area contributed by atoms with Crippen LogP contribution in [0.5, 0.6) is 0 Å². The quantitative estimate of drug-likeness (QED) is 0.704. The molecule has 1 aliphatic rings. The average Bonchev–Trinajstić information content (AvgIpc) is 2.60. The number of rotatable bonds is 8. The number of nitrogens with one attached hydrogen (secondary N) is 1. The minimum Gasteiger partial charge on any atom is -0.354 e. The molecule has 0 spiro atoms. The lowest BCUT2D eigenvalue weighted by Crippen LogP contribution is -2.49. The molecule has 0 radical (unpaired) electrons. The first kappa shape index (κ1) is 20.5. The van der Waals surface area contributed by atoms with E-state index >= 15 is 0 Å². The molecule has 1 atom stereocenters. The molecule has 0 saturated carbocycles. The number of hydrogen-bond acceptors (Lipinski definition) is 3. The lowest BCUT2D eigenvalue weighted by atomic mass is 9.97. The van der Waals surface area contributed by atoms with Crippen LogP contribution in [0.25, 0.3) is 0 Å². The van der Waals surface area contributed by atoms with Gasteiger partial charge in [0.15, 0.2) is 0 Å². The summed E-state index contributed by atoms with van der Waals surface area (Å²) in [5, 5.41) is 2.93. The minimum atomic E-state index is -3.57. The predicted molar refractivity (Wildman–Crippen MR) is 107 cm³/mol. The number of allylic oxidation sites excluding steroid dienone is 1. The van der Waals surface area contributed by atoms with Gasteiger partial charge in [0.25, 0.3) is 0 Å². The van der Waals surface area contributed by atoms with Crippen molar-refractivity contribution in [3.63, 3.8) is 0 Å². The molecule has 26 heavy (non-hydrogen) atoms. The van der Waals surface area contributed by atoms with Crippen molar-refractivity contribution in [3.05, 3.63) is 41.5 Å². The van der Waals surface area contributed by atoms with Gasteiger partial charge in [-0.25, -0.2) is 8.42 Å². The molecule has 1 aliphatic carbocycles. The Labute approximate surface area is 157 Å². The molecule has 1 N–H and O–H groups in total. The van der Waals surface area contributed by atoms with Crippen LogP contribution in [0.3, 0.4) is 0 Å². The summed E-state index contributed by atoms with van der Waals surface area (Å²) in [5.74, 6) is -0.241. The van der Waals surface area contributed by atoms with Gasteiger partial charge in [-0.1, -0.05) is 36.3 Å². The van der Waals surface area contributed by atoms with E-state index in [1.54, 1.807) is 12.1 Å². The standard InChI is InChI=1S/C20H30N2O3S/c1-4-19(20(23)21-15-14-17-8-6-5-7-9-17)22(26(3,24)25)18-12-10-16(2)11-13-18/h8,10-13,19H,4-7,9,14-15H2,1-3H3,(H,21,23)/t19-/m0/s1. The van der Waals surface area contributed by atoms with Crippen molar-refractivity contribution in [1.82, 2.24) is 5.32 Å². The van der Waals surface area contributed by atoms with Gasteiger partial charge in [-0.05, 0) is 57.6 Å². The van der Waals surface area contributed by atoms with Crippen molar-refractivity contribution in [1.29, 1.82) is 0 Å². The molecule has 0 aromatic heterocycles. The van der Waals surface area contributed by atoms with Crippen molar-refractivity contribution in [2.24, 2.45) is 0 Å². The molecular formula is C20H30N2O3S. The fraction of sp³-hybridized carbons (Fsp3) is 0.550. The Balaban J connectivity index is 2.09. The Hall–Kier alpha value is -1.82. The van der Waals surface area contributed by atoms with Gasteiger partial charge < -0.3 is 5.32 Å². The highest BCUT2D eigenvalue weighted by atomic mass is 32.2. The summed E-state index contributed by atoms with van der Waals surface area (Å²) in [6, 6.07) is 6.47. The van der Waals surface area contributed by atoms with Gasteiger partial charge in [-0.2, -0.15) is 0 Å². The molecule has 0 aliphatic heterocycles. The zero-order valence-electron chi connectivity index (χ0n) is 16.0. The van der Waals surface area contributed by atoms with Crippen LogP contribution in [-0.4, -0.2) is 33.2 Å². The van der Waals surface area contributed by atoms with Gasteiger partial charge in [0.2, 0.25) is 15.9 Å². The molecule has 1 amide bonds. The maximum Gasteiger partial charge on any atom is 0.243 e. The molecule has 144 valence electrons. The third-order valence-corrected chi connectivity index (χ3v) is 5.93. The molecular weight excluding hydrogens is 348 g/mol. The summed E-state index contributed by atoms with van der Waals surface area (Å²) in [7, 11) is -3.57. The lowest BCUT2D eigenvalue weighted by molar-refractivity contribution is -0.122. The van der Waals surface area contributed by atoms with Crippen LogP contribution in [0.4, 0.5) is 5.69 Å². The molecule has 6 heteroatoms. The first-order valence-electron chi connectivity index (χ1n) is 9.34. The Bertz CT molecular complexity index is 739. The van der Waals surface area contributed by atoms with Crippen LogP contribution in [0, 0.1) is 6.92 Å². The molecule has 1 aromatic rings. The van der Waals surface area contributed by atoms with E-state index in [4.69, 9.17) is 0 Å². The van der Waals surface area contributed by atoms with Crippen molar-refractivity contribution in [3.8, 4) is 0 Å². The van der Waals surface area contributed by atoms with Crippen molar-refractivity contribution < 1.29 is 13.2 Å². The molecule has 0 bridgehead atoms. The van der Waals surface area contributed by atoms with Crippen molar-refractivity contribution in [2.45, 2.75) is 58.4 Å². The zero-order chi connectivity index (χ0) is 19.2. The summed E-state index contributed by atoms with van der Waals surface area (Å²) in [5.41, 5.74) is 2.96. The number of amides is 1. The summed E-state index contributed by atoms with van der Waals surface area (Å²) in [6.45, 7) is 4.32. The molecule has 5 nitrogen and oxygen atoms in total. The van der Waals surface area contributed by atoms with Gasteiger partial charge in [0.1, 0.15) is 6.04 Å². The Morgan fingerprint density at radius 1 is 1.23 bits per heavy atom. The van der Waals surface area contributed by atoms with Crippen LogP contribution in [-0.2, 0) is 14.8 Å². The lowest BCUT2D eigenvalue weighted by Gasteiger charge is -2.30. The maximum atomic E-state index is 12.7. The van der Waals surface area contributed by atoms with E-state index in [1.807, 2.05) is 26.0 Å². The van der Waals surface area contributed by atoms with Crippen LogP contribution in [0.2, 0.25) is 0 Å². The number of nitrogens with zero attached hydrogens (tertiary/aromatic N) is 1. The Morgan fingerprint density at radius 2 is 1.92 bits per heavy atom. The molecule has 0 heterocycles. The van der Waals surface area contributed by atoms with E-state index in [0.29, 0.717) is 18.7 Å². The minimum absolute atomic E-state index is 0.241. The van der Waals surface area contributed by atoms with Crippen LogP contribution in [0.1, 0.15) is 51.0 Å².